The number of likely N-dealkylation sites (tertiary alicyclic amines) is 1. The average Bonchev–Trinajstić information content (AvgIpc) is 3.44. The van der Waals surface area contributed by atoms with Gasteiger partial charge in [-0.2, -0.15) is 0 Å². The average molecular weight is 441 g/mol. The number of hydrogen-bond acceptors (Lipinski definition) is 4. The van der Waals surface area contributed by atoms with Gasteiger partial charge in [-0.25, -0.2) is 9.18 Å². The molecular formula is C24H33FN6O. The second-order valence-corrected chi connectivity index (χ2v) is 9.51. The van der Waals surface area contributed by atoms with Crippen molar-refractivity contribution in [1.82, 2.24) is 19.7 Å². The topological polar surface area (TPSA) is 66.3 Å². The lowest BCUT2D eigenvalue weighted by atomic mass is 9.94. The van der Waals surface area contributed by atoms with Gasteiger partial charge < -0.3 is 19.7 Å². The quantitative estimate of drug-likeness (QED) is 0.758. The number of aromatic nitrogens is 3. The number of nitrogens with zero attached hydrogens (tertiary/aromatic N) is 5. The SMILES string of the molecule is CN(c1ccc(NC(=O)N2CCC[C@H](c3nnc4n3CCC4)C2)cc1F)C1CCCCC1. The number of halogens is 1. The monoisotopic (exact) mass is 440 g/mol. The van der Waals surface area contributed by atoms with Crippen LogP contribution in [0.5, 0.6) is 0 Å². The zero-order chi connectivity index (χ0) is 22.1. The van der Waals surface area contributed by atoms with E-state index in [-0.39, 0.29) is 17.8 Å². The highest BCUT2D eigenvalue weighted by molar-refractivity contribution is 5.89. The van der Waals surface area contributed by atoms with Gasteiger partial charge in [0.05, 0.1) is 5.69 Å². The molecule has 32 heavy (non-hydrogen) atoms. The van der Waals surface area contributed by atoms with E-state index in [4.69, 9.17) is 0 Å². The van der Waals surface area contributed by atoms with E-state index in [2.05, 4.69) is 25.0 Å². The number of benzene rings is 1. The predicted octanol–water partition coefficient (Wildman–Crippen LogP) is 4.54. The second kappa shape index (κ2) is 9.08. The first-order chi connectivity index (χ1) is 15.6. The van der Waals surface area contributed by atoms with Crippen LogP contribution in [0, 0.1) is 5.82 Å². The number of amides is 2. The lowest BCUT2D eigenvalue weighted by molar-refractivity contribution is 0.190. The van der Waals surface area contributed by atoms with E-state index in [0.29, 0.717) is 30.5 Å². The third-order valence-electron chi connectivity index (χ3n) is 7.41. The van der Waals surface area contributed by atoms with Crippen LogP contribution in [0.25, 0.3) is 0 Å². The normalized spacial score (nSPS) is 21.4. The summed E-state index contributed by atoms with van der Waals surface area (Å²) in [5, 5.41) is 11.6. The first-order valence-electron chi connectivity index (χ1n) is 12.1. The molecule has 3 heterocycles. The van der Waals surface area contributed by atoms with Crippen LogP contribution >= 0.6 is 0 Å². The van der Waals surface area contributed by atoms with E-state index in [1.807, 2.05) is 18.0 Å². The molecule has 2 fully saturated rings. The molecular weight excluding hydrogens is 407 g/mol. The van der Waals surface area contributed by atoms with Crippen LogP contribution in [0.15, 0.2) is 18.2 Å². The molecule has 2 aromatic rings. The highest BCUT2D eigenvalue weighted by Crippen LogP contribution is 2.31. The predicted molar refractivity (Wildman–Crippen MR) is 123 cm³/mol. The molecule has 0 unspecified atom stereocenters. The van der Waals surface area contributed by atoms with Gasteiger partial charge in [0.25, 0.3) is 0 Å². The number of aryl methyl sites for hydroxylation is 1. The molecule has 8 heteroatoms. The molecule has 1 atom stereocenters. The van der Waals surface area contributed by atoms with Crippen molar-refractivity contribution in [2.75, 3.05) is 30.4 Å². The molecule has 172 valence electrons. The summed E-state index contributed by atoms with van der Waals surface area (Å²) in [5.41, 5.74) is 1.10. The molecule has 1 saturated carbocycles. The summed E-state index contributed by atoms with van der Waals surface area (Å²) in [7, 11) is 1.97. The number of fused-ring (bicyclic) bond motifs is 1. The number of hydrogen-bond donors (Lipinski definition) is 1. The molecule has 1 saturated heterocycles. The molecule has 7 nitrogen and oxygen atoms in total. The fourth-order valence-electron chi connectivity index (χ4n) is 5.59. The summed E-state index contributed by atoms with van der Waals surface area (Å²) in [4.78, 5) is 16.8. The van der Waals surface area contributed by atoms with Crippen molar-refractivity contribution in [3.05, 3.63) is 35.7 Å². The maximum absolute atomic E-state index is 14.9. The summed E-state index contributed by atoms with van der Waals surface area (Å²) in [6, 6.07) is 5.26. The van der Waals surface area contributed by atoms with Crippen LogP contribution in [0.1, 0.15) is 68.9 Å². The summed E-state index contributed by atoms with van der Waals surface area (Å²) in [6.07, 6.45) is 9.96. The van der Waals surface area contributed by atoms with Gasteiger partial charge in [-0.15, -0.1) is 10.2 Å². The van der Waals surface area contributed by atoms with Crippen molar-refractivity contribution < 1.29 is 9.18 Å². The van der Waals surface area contributed by atoms with Crippen LogP contribution in [-0.4, -0.2) is 51.9 Å². The molecule has 1 N–H and O–H groups in total. The first-order valence-corrected chi connectivity index (χ1v) is 12.1. The largest absolute Gasteiger partial charge is 0.369 e. The maximum Gasteiger partial charge on any atom is 0.321 e. The van der Waals surface area contributed by atoms with Gasteiger partial charge in [0.2, 0.25) is 0 Å². The van der Waals surface area contributed by atoms with E-state index in [1.165, 1.54) is 25.3 Å². The molecule has 1 aromatic carbocycles. The summed E-state index contributed by atoms with van der Waals surface area (Å²) in [6.45, 7) is 2.30. The number of rotatable bonds is 4. The van der Waals surface area contributed by atoms with Crippen molar-refractivity contribution in [3.63, 3.8) is 0 Å². The lowest BCUT2D eigenvalue weighted by Gasteiger charge is -2.33. The highest BCUT2D eigenvalue weighted by Gasteiger charge is 2.30. The highest BCUT2D eigenvalue weighted by atomic mass is 19.1. The Kier molecular flexibility index (Phi) is 6.02. The Hall–Kier alpha value is -2.64. The van der Waals surface area contributed by atoms with Crippen molar-refractivity contribution in [3.8, 4) is 0 Å². The van der Waals surface area contributed by atoms with E-state index < -0.39 is 0 Å². The van der Waals surface area contributed by atoms with Crippen molar-refractivity contribution in [2.45, 2.75) is 76.3 Å². The number of carbonyl (C=O) groups excluding carboxylic acids is 1. The molecule has 0 bridgehead atoms. The van der Waals surface area contributed by atoms with Gasteiger partial charge in [0, 0.05) is 50.7 Å². The zero-order valence-corrected chi connectivity index (χ0v) is 18.9. The van der Waals surface area contributed by atoms with Crippen molar-refractivity contribution in [1.29, 1.82) is 0 Å². The van der Waals surface area contributed by atoms with Crippen LogP contribution < -0.4 is 10.2 Å². The van der Waals surface area contributed by atoms with Crippen molar-refractivity contribution in [2.24, 2.45) is 0 Å². The Morgan fingerprint density at radius 3 is 2.75 bits per heavy atom. The minimum atomic E-state index is -0.286. The summed E-state index contributed by atoms with van der Waals surface area (Å²) in [5.74, 6) is 2.00. The van der Waals surface area contributed by atoms with Crippen LogP contribution in [0.2, 0.25) is 0 Å². The zero-order valence-electron chi connectivity index (χ0n) is 18.9. The standard InChI is InChI=1S/C24H33FN6O/c1-29(19-8-3-2-4-9-19)21-12-11-18(15-20(21)25)26-24(32)30-13-5-7-17(16-30)23-28-27-22-10-6-14-31(22)23/h11-12,15,17,19H,2-10,13-14,16H2,1H3,(H,26,32)/t17-/m0/s1. The third-order valence-corrected chi connectivity index (χ3v) is 7.41. The fraction of sp³-hybridized carbons (Fsp3) is 0.625. The molecule has 1 aliphatic carbocycles. The maximum atomic E-state index is 14.9. The van der Waals surface area contributed by atoms with Gasteiger partial charge in [-0.05, 0) is 50.3 Å². The lowest BCUT2D eigenvalue weighted by Crippen LogP contribution is -2.42. The number of piperidine rings is 1. The molecule has 5 rings (SSSR count). The Bertz CT molecular complexity index is 969. The number of anilines is 2. The van der Waals surface area contributed by atoms with Crippen molar-refractivity contribution >= 4 is 17.4 Å². The number of urea groups is 1. The van der Waals surface area contributed by atoms with Crippen LogP contribution in [0.3, 0.4) is 0 Å². The Morgan fingerprint density at radius 2 is 1.94 bits per heavy atom. The first kappa shape index (κ1) is 21.2. The van der Waals surface area contributed by atoms with Gasteiger partial charge in [0.1, 0.15) is 17.5 Å². The van der Waals surface area contributed by atoms with Gasteiger partial charge in [-0.1, -0.05) is 19.3 Å². The Morgan fingerprint density at radius 1 is 1.09 bits per heavy atom. The molecule has 2 aliphatic heterocycles. The van der Waals surface area contributed by atoms with Crippen LogP contribution in [-0.2, 0) is 13.0 Å². The molecule has 0 spiro atoms. The van der Waals surface area contributed by atoms with E-state index in [0.717, 1.165) is 56.7 Å². The van der Waals surface area contributed by atoms with Crippen LogP contribution in [0.4, 0.5) is 20.6 Å². The molecule has 2 amide bonds. The molecule has 1 aromatic heterocycles. The minimum absolute atomic E-state index is 0.177. The van der Waals surface area contributed by atoms with Gasteiger partial charge >= 0.3 is 6.03 Å². The van der Waals surface area contributed by atoms with E-state index in [9.17, 15) is 9.18 Å². The second-order valence-electron chi connectivity index (χ2n) is 9.51. The minimum Gasteiger partial charge on any atom is -0.369 e. The summed E-state index contributed by atoms with van der Waals surface area (Å²) >= 11 is 0. The summed E-state index contributed by atoms with van der Waals surface area (Å²) < 4.78 is 17.1. The molecule has 3 aliphatic rings. The van der Waals surface area contributed by atoms with E-state index in [1.54, 1.807) is 6.07 Å². The smallest absolute Gasteiger partial charge is 0.321 e. The van der Waals surface area contributed by atoms with Gasteiger partial charge in [-0.3, -0.25) is 0 Å². The van der Waals surface area contributed by atoms with Gasteiger partial charge in [0.15, 0.2) is 0 Å². The fourth-order valence-corrected chi connectivity index (χ4v) is 5.59. The van der Waals surface area contributed by atoms with E-state index >= 15 is 0 Å². The number of nitrogens with one attached hydrogen (secondary N) is 1. The number of carbonyl (C=O) groups is 1. The Labute approximate surface area is 189 Å². The Balaban J connectivity index is 1.23. The third kappa shape index (κ3) is 4.19. The molecule has 0 radical (unpaired) electrons.